The number of aromatic nitrogens is 4. The summed E-state index contributed by atoms with van der Waals surface area (Å²) in [6.07, 6.45) is 9.54. The number of hydrogen-bond acceptors (Lipinski definition) is 3. The number of benzene rings is 3. The predicted octanol–water partition coefficient (Wildman–Crippen LogP) is 6.73. The number of nitrogens with zero attached hydrogens (tertiary/aromatic N) is 4. The topological polar surface area (TPSA) is 43.1 Å². The van der Waals surface area contributed by atoms with E-state index < -0.39 is 0 Å². The lowest BCUT2D eigenvalue weighted by molar-refractivity contribution is 1.24. The van der Waals surface area contributed by atoms with Crippen molar-refractivity contribution >= 4 is 38.4 Å². The molecule has 0 radical (unpaired) electrons. The Morgan fingerprint density at radius 2 is 1.43 bits per heavy atom. The van der Waals surface area contributed by atoms with E-state index in [1.807, 2.05) is 24.8 Å². The fourth-order valence-corrected chi connectivity index (χ4v) is 6.57. The fraction of sp³-hybridized carbons (Fsp3) is 0.0645. The molecule has 0 spiro atoms. The molecule has 0 fully saturated rings. The third kappa shape index (κ3) is 2.11. The van der Waals surface area contributed by atoms with E-state index in [0.29, 0.717) is 0 Å². The van der Waals surface area contributed by atoms with Gasteiger partial charge in [0.1, 0.15) is 5.65 Å². The molecule has 0 unspecified atom stereocenters. The molecular weight excluding hydrogens is 428 g/mol. The Morgan fingerprint density at radius 3 is 2.40 bits per heavy atom. The smallest absolute Gasteiger partial charge is 0.146 e. The van der Waals surface area contributed by atoms with E-state index >= 15 is 0 Å². The Hall–Kier alpha value is -4.57. The highest BCUT2D eigenvalue weighted by Gasteiger charge is 2.30. The van der Waals surface area contributed by atoms with Crippen molar-refractivity contribution in [1.29, 1.82) is 0 Å². The molecular formula is C31H18N4. The van der Waals surface area contributed by atoms with Gasteiger partial charge in [-0.1, -0.05) is 42.5 Å². The molecule has 7 aromatic rings. The molecule has 162 valence electrons. The van der Waals surface area contributed by atoms with Crippen LogP contribution in [0, 0.1) is 0 Å². The van der Waals surface area contributed by atoms with Crippen LogP contribution in [0.2, 0.25) is 0 Å². The first-order chi connectivity index (χ1) is 17.4. The van der Waals surface area contributed by atoms with E-state index in [1.54, 1.807) is 0 Å². The molecule has 4 nitrogen and oxygen atoms in total. The Kier molecular flexibility index (Phi) is 3.11. The summed E-state index contributed by atoms with van der Waals surface area (Å²) < 4.78 is 2.28. The van der Waals surface area contributed by atoms with Gasteiger partial charge in [0.15, 0.2) is 0 Å². The maximum absolute atomic E-state index is 5.29. The Balaban J connectivity index is 1.39. The second-order valence-corrected chi connectivity index (χ2v) is 9.68. The van der Waals surface area contributed by atoms with Gasteiger partial charge >= 0.3 is 0 Å². The average Bonchev–Trinajstić information content (AvgIpc) is 3.59. The quantitative estimate of drug-likeness (QED) is 0.243. The van der Waals surface area contributed by atoms with Crippen molar-refractivity contribution in [3.05, 3.63) is 108 Å². The molecule has 9 rings (SSSR count). The van der Waals surface area contributed by atoms with Gasteiger partial charge < -0.3 is 0 Å². The van der Waals surface area contributed by atoms with Crippen molar-refractivity contribution in [3.63, 3.8) is 0 Å². The van der Waals surface area contributed by atoms with Crippen molar-refractivity contribution in [2.45, 2.75) is 12.8 Å². The zero-order chi connectivity index (χ0) is 22.7. The van der Waals surface area contributed by atoms with Gasteiger partial charge in [0.25, 0.3) is 0 Å². The molecule has 35 heavy (non-hydrogen) atoms. The highest BCUT2D eigenvalue weighted by atomic mass is 15.0. The van der Waals surface area contributed by atoms with Crippen LogP contribution in [0.15, 0.2) is 85.5 Å². The second kappa shape index (κ2) is 6.10. The van der Waals surface area contributed by atoms with Crippen LogP contribution < -0.4 is 0 Å². The second-order valence-electron chi connectivity index (χ2n) is 9.68. The first-order valence-electron chi connectivity index (χ1n) is 12.0. The summed E-state index contributed by atoms with van der Waals surface area (Å²) in [6.45, 7) is 0. The summed E-state index contributed by atoms with van der Waals surface area (Å²) in [7, 11) is 0. The molecule has 2 aliphatic carbocycles. The molecule has 4 heteroatoms. The van der Waals surface area contributed by atoms with Crippen LogP contribution in [0.3, 0.4) is 0 Å². The zero-order valence-electron chi connectivity index (χ0n) is 18.8. The van der Waals surface area contributed by atoms with Crippen molar-refractivity contribution in [2.75, 3.05) is 0 Å². The number of pyridine rings is 3. The lowest BCUT2D eigenvalue weighted by Gasteiger charge is -2.09. The third-order valence-electron chi connectivity index (χ3n) is 8.04. The van der Waals surface area contributed by atoms with Gasteiger partial charge in [-0.2, -0.15) is 0 Å². The van der Waals surface area contributed by atoms with Gasteiger partial charge in [-0.25, -0.2) is 4.98 Å². The molecule has 0 bridgehead atoms. The Morgan fingerprint density at radius 1 is 0.600 bits per heavy atom. The Bertz CT molecular complexity index is 2070. The number of fused-ring (bicyclic) bond motifs is 16. The van der Waals surface area contributed by atoms with Crippen LogP contribution in [0.25, 0.3) is 60.6 Å². The van der Waals surface area contributed by atoms with E-state index in [0.717, 1.165) is 51.2 Å². The van der Waals surface area contributed by atoms with Gasteiger partial charge in [-0.05, 0) is 69.1 Å². The van der Waals surface area contributed by atoms with Crippen LogP contribution >= 0.6 is 0 Å². The van der Waals surface area contributed by atoms with Crippen LogP contribution in [-0.4, -0.2) is 19.4 Å². The maximum Gasteiger partial charge on any atom is 0.146 e. The minimum absolute atomic E-state index is 0.916. The van der Waals surface area contributed by atoms with E-state index in [2.05, 4.69) is 75.0 Å². The molecule has 0 amide bonds. The molecule has 3 aromatic carbocycles. The number of imidazole rings is 1. The van der Waals surface area contributed by atoms with E-state index in [-0.39, 0.29) is 0 Å². The molecule has 2 aliphatic rings. The predicted molar refractivity (Wildman–Crippen MR) is 140 cm³/mol. The van der Waals surface area contributed by atoms with Gasteiger partial charge in [0.05, 0.1) is 22.7 Å². The van der Waals surface area contributed by atoms with Crippen molar-refractivity contribution in [2.24, 2.45) is 0 Å². The summed E-state index contributed by atoms with van der Waals surface area (Å²) in [6, 6.07) is 22.2. The molecule has 0 N–H and O–H groups in total. The average molecular weight is 447 g/mol. The van der Waals surface area contributed by atoms with E-state index in [1.165, 1.54) is 44.5 Å². The van der Waals surface area contributed by atoms with Crippen LogP contribution in [0.1, 0.15) is 22.3 Å². The van der Waals surface area contributed by atoms with Gasteiger partial charge in [0.2, 0.25) is 0 Å². The molecule has 0 saturated heterocycles. The third-order valence-corrected chi connectivity index (χ3v) is 8.04. The zero-order valence-corrected chi connectivity index (χ0v) is 18.8. The SMILES string of the molecule is c1ccc2c(c1)Cc1ccc3c(c1-2)Cc1c-3ccc2c1nc1c3ccncc3c3ccncc3n21. The fourth-order valence-electron chi connectivity index (χ4n) is 6.57. The summed E-state index contributed by atoms with van der Waals surface area (Å²) in [5.74, 6) is 0. The molecule has 4 aromatic heterocycles. The standard InChI is InChI=1S/C31H18N4/c1-2-4-19-17(3-1)13-18-5-6-20-21-7-8-27-30(25(21)14-24(20)29(18)19)34-31-23-10-12-32-15-26(23)22-9-11-33-16-28(22)35(27)31/h1-12,15-16H,13-14H2. The first-order valence-corrected chi connectivity index (χ1v) is 12.0. The lowest BCUT2D eigenvalue weighted by atomic mass is 9.95. The van der Waals surface area contributed by atoms with Gasteiger partial charge in [0, 0.05) is 41.2 Å². The number of hydrogen-bond donors (Lipinski definition) is 0. The van der Waals surface area contributed by atoms with Crippen LogP contribution in [-0.2, 0) is 12.8 Å². The van der Waals surface area contributed by atoms with Crippen LogP contribution in [0.4, 0.5) is 0 Å². The first kappa shape index (κ1) is 17.8. The molecule has 0 saturated carbocycles. The summed E-state index contributed by atoms with van der Waals surface area (Å²) >= 11 is 0. The van der Waals surface area contributed by atoms with Crippen molar-refractivity contribution in [1.82, 2.24) is 19.4 Å². The van der Waals surface area contributed by atoms with Gasteiger partial charge in [-0.3, -0.25) is 14.4 Å². The molecule has 0 atom stereocenters. The van der Waals surface area contributed by atoms with E-state index in [4.69, 9.17) is 4.98 Å². The van der Waals surface area contributed by atoms with Crippen molar-refractivity contribution in [3.8, 4) is 22.3 Å². The monoisotopic (exact) mass is 446 g/mol. The summed E-state index contributed by atoms with van der Waals surface area (Å²) in [5.41, 5.74) is 15.4. The highest BCUT2D eigenvalue weighted by Crippen LogP contribution is 2.49. The summed E-state index contributed by atoms with van der Waals surface area (Å²) in [4.78, 5) is 14.1. The molecule has 4 heterocycles. The van der Waals surface area contributed by atoms with E-state index in [9.17, 15) is 0 Å². The largest absolute Gasteiger partial charge is 0.290 e. The minimum Gasteiger partial charge on any atom is -0.290 e. The molecule has 0 aliphatic heterocycles. The van der Waals surface area contributed by atoms with Crippen molar-refractivity contribution < 1.29 is 0 Å². The number of rotatable bonds is 0. The Labute approximate surface area is 200 Å². The normalized spacial score (nSPS) is 13.5. The summed E-state index contributed by atoms with van der Waals surface area (Å²) in [5, 5.41) is 3.38. The highest BCUT2D eigenvalue weighted by molar-refractivity contribution is 6.13. The van der Waals surface area contributed by atoms with Crippen LogP contribution in [0.5, 0.6) is 0 Å². The maximum atomic E-state index is 5.29. The van der Waals surface area contributed by atoms with Gasteiger partial charge in [-0.15, -0.1) is 0 Å². The minimum atomic E-state index is 0.916. The lowest BCUT2D eigenvalue weighted by Crippen LogP contribution is -1.92.